The van der Waals surface area contributed by atoms with Gasteiger partial charge in [-0.1, -0.05) is 23.7 Å². The number of carbonyl (C=O) groups excluding carboxylic acids is 1. The van der Waals surface area contributed by atoms with Gasteiger partial charge in [-0.2, -0.15) is 5.10 Å². The molecule has 1 N–H and O–H groups in total. The lowest BCUT2D eigenvalue weighted by molar-refractivity contribution is -0.118. The van der Waals surface area contributed by atoms with Crippen molar-refractivity contribution in [3.8, 4) is 11.3 Å². The van der Waals surface area contributed by atoms with Crippen LogP contribution in [0.3, 0.4) is 0 Å². The van der Waals surface area contributed by atoms with Gasteiger partial charge in [0.15, 0.2) is 0 Å². The molecule has 0 saturated heterocycles. The minimum atomic E-state index is -0.730. The van der Waals surface area contributed by atoms with Gasteiger partial charge in [0.2, 0.25) is 5.91 Å². The first-order valence-corrected chi connectivity index (χ1v) is 9.37. The Bertz CT molecular complexity index is 1260. The topological polar surface area (TPSA) is 81.8 Å². The van der Waals surface area contributed by atoms with E-state index in [1.807, 2.05) is 37.4 Å². The maximum absolute atomic E-state index is 12.7. The second-order valence-corrected chi connectivity index (χ2v) is 7.14. The highest BCUT2D eigenvalue weighted by Crippen LogP contribution is 2.21. The zero-order valence-corrected chi connectivity index (χ0v) is 16.6. The number of fused-ring (bicyclic) bond motifs is 1. The summed E-state index contributed by atoms with van der Waals surface area (Å²) in [5.41, 5.74) is 2.81. The smallest absolute Gasteiger partial charge is 0.261 e. The van der Waals surface area contributed by atoms with Crippen LogP contribution in [0.15, 0.2) is 65.8 Å². The third kappa shape index (κ3) is 3.64. The number of nitrogens with zero attached hydrogens (tertiary/aromatic N) is 4. The van der Waals surface area contributed by atoms with Crippen molar-refractivity contribution in [2.75, 3.05) is 5.32 Å². The predicted molar refractivity (Wildman–Crippen MR) is 113 cm³/mol. The second-order valence-electron chi connectivity index (χ2n) is 6.70. The van der Waals surface area contributed by atoms with Crippen molar-refractivity contribution in [3.05, 3.63) is 76.4 Å². The summed E-state index contributed by atoms with van der Waals surface area (Å²) in [6.07, 6.45) is 3.10. The van der Waals surface area contributed by atoms with Gasteiger partial charge in [-0.3, -0.25) is 18.8 Å². The molecule has 29 heavy (non-hydrogen) atoms. The SMILES string of the molecule is C[C@H](C(=O)Nc1ccc(-c2ccnn2C)cc1)n1cnc2cc(Cl)ccc2c1=O. The molecule has 1 atom stereocenters. The van der Waals surface area contributed by atoms with Crippen LogP contribution in [0.5, 0.6) is 0 Å². The van der Waals surface area contributed by atoms with Crippen LogP contribution in [0.4, 0.5) is 5.69 Å². The van der Waals surface area contributed by atoms with Gasteiger partial charge < -0.3 is 5.32 Å². The van der Waals surface area contributed by atoms with Gasteiger partial charge in [-0.25, -0.2) is 4.98 Å². The number of anilines is 1. The van der Waals surface area contributed by atoms with E-state index in [0.717, 1.165) is 11.3 Å². The summed E-state index contributed by atoms with van der Waals surface area (Å²) in [6, 6.07) is 13.5. The monoisotopic (exact) mass is 407 g/mol. The predicted octanol–water partition coefficient (Wildman–Crippen LogP) is 3.65. The van der Waals surface area contributed by atoms with Crippen LogP contribution in [0.1, 0.15) is 13.0 Å². The molecule has 4 aromatic rings. The molecule has 2 heterocycles. The molecular weight excluding hydrogens is 390 g/mol. The summed E-state index contributed by atoms with van der Waals surface area (Å²) < 4.78 is 3.09. The third-order valence-electron chi connectivity index (χ3n) is 4.81. The van der Waals surface area contributed by atoms with Crippen LogP contribution in [0, 0.1) is 0 Å². The normalized spacial score (nSPS) is 12.1. The Balaban J connectivity index is 1.55. The van der Waals surface area contributed by atoms with E-state index in [0.29, 0.717) is 21.6 Å². The molecule has 0 saturated carbocycles. The van der Waals surface area contributed by atoms with E-state index in [4.69, 9.17) is 11.6 Å². The van der Waals surface area contributed by atoms with Crippen molar-refractivity contribution in [3.63, 3.8) is 0 Å². The Morgan fingerprint density at radius 3 is 2.59 bits per heavy atom. The number of halogens is 1. The highest BCUT2D eigenvalue weighted by Gasteiger charge is 2.18. The van der Waals surface area contributed by atoms with Gasteiger partial charge in [0.05, 0.1) is 22.9 Å². The molecule has 0 spiro atoms. The number of rotatable bonds is 4. The van der Waals surface area contributed by atoms with E-state index >= 15 is 0 Å². The molecule has 7 nitrogen and oxygen atoms in total. The van der Waals surface area contributed by atoms with E-state index in [1.54, 1.807) is 36.0 Å². The molecule has 0 bridgehead atoms. The van der Waals surface area contributed by atoms with Crippen LogP contribution >= 0.6 is 11.6 Å². The van der Waals surface area contributed by atoms with E-state index in [-0.39, 0.29) is 11.5 Å². The number of aromatic nitrogens is 4. The van der Waals surface area contributed by atoms with Gasteiger partial charge in [-0.05, 0) is 48.9 Å². The highest BCUT2D eigenvalue weighted by molar-refractivity contribution is 6.31. The van der Waals surface area contributed by atoms with Crippen LogP contribution in [0.2, 0.25) is 5.02 Å². The van der Waals surface area contributed by atoms with Crippen LogP contribution in [-0.4, -0.2) is 25.2 Å². The summed E-state index contributed by atoms with van der Waals surface area (Å²) in [7, 11) is 1.87. The first kappa shape index (κ1) is 18.9. The van der Waals surface area contributed by atoms with E-state index in [2.05, 4.69) is 15.4 Å². The number of benzene rings is 2. The zero-order chi connectivity index (χ0) is 20.5. The number of nitrogens with one attached hydrogen (secondary N) is 1. The average Bonchev–Trinajstić information content (AvgIpc) is 3.14. The van der Waals surface area contributed by atoms with Crippen LogP contribution in [-0.2, 0) is 11.8 Å². The Hall–Kier alpha value is -3.45. The number of amides is 1. The van der Waals surface area contributed by atoms with Crippen molar-refractivity contribution in [2.24, 2.45) is 7.05 Å². The van der Waals surface area contributed by atoms with Gasteiger partial charge in [0.1, 0.15) is 6.04 Å². The molecule has 2 aromatic carbocycles. The maximum Gasteiger partial charge on any atom is 0.261 e. The van der Waals surface area contributed by atoms with Crippen molar-refractivity contribution >= 4 is 34.1 Å². The van der Waals surface area contributed by atoms with Gasteiger partial charge in [0, 0.05) is 24.0 Å². The number of carbonyl (C=O) groups is 1. The molecule has 0 aliphatic rings. The van der Waals surface area contributed by atoms with Crippen molar-refractivity contribution < 1.29 is 4.79 Å². The summed E-state index contributed by atoms with van der Waals surface area (Å²) in [6.45, 7) is 1.66. The minimum absolute atomic E-state index is 0.291. The standard InChI is InChI=1S/C21H18ClN5O2/c1-13(27-12-23-18-11-15(22)5-8-17(18)21(27)29)20(28)25-16-6-3-14(4-7-16)19-9-10-24-26(19)2/h3-13H,1-2H3,(H,25,28)/t13-/m1/s1. The van der Waals surface area contributed by atoms with E-state index in [9.17, 15) is 9.59 Å². The maximum atomic E-state index is 12.7. The molecular formula is C21H18ClN5O2. The van der Waals surface area contributed by atoms with Crippen molar-refractivity contribution in [1.82, 2.24) is 19.3 Å². The zero-order valence-electron chi connectivity index (χ0n) is 15.8. The summed E-state index contributed by atoms with van der Waals surface area (Å²) in [5, 5.41) is 7.91. The minimum Gasteiger partial charge on any atom is -0.324 e. The first-order valence-electron chi connectivity index (χ1n) is 9.00. The molecule has 0 aliphatic carbocycles. The molecule has 0 unspecified atom stereocenters. The van der Waals surface area contributed by atoms with Crippen LogP contribution in [0.25, 0.3) is 22.2 Å². The van der Waals surface area contributed by atoms with Gasteiger partial charge in [-0.15, -0.1) is 0 Å². The van der Waals surface area contributed by atoms with Crippen LogP contribution < -0.4 is 10.9 Å². The Kier molecular flexibility index (Phi) is 4.90. The lowest BCUT2D eigenvalue weighted by Gasteiger charge is -2.15. The second kappa shape index (κ2) is 7.52. The Morgan fingerprint density at radius 1 is 1.14 bits per heavy atom. The molecule has 146 valence electrons. The first-order chi connectivity index (χ1) is 13.9. The molecule has 2 aromatic heterocycles. The van der Waals surface area contributed by atoms with Gasteiger partial charge in [0.25, 0.3) is 5.56 Å². The largest absolute Gasteiger partial charge is 0.324 e. The quantitative estimate of drug-likeness (QED) is 0.559. The Labute approximate surface area is 171 Å². The fraction of sp³-hybridized carbons (Fsp3) is 0.143. The summed E-state index contributed by atoms with van der Waals surface area (Å²) >= 11 is 5.95. The van der Waals surface area contributed by atoms with Crippen molar-refractivity contribution in [1.29, 1.82) is 0 Å². The van der Waals surface area contributed by atoms with E-state index < -0.39 is 6.04 Å². The third-order valence-corrected chi connectivity index (χ3v) is 5.05. The highest BCUT2D eigenvalue weighted by atomic mass is 35.5. The fourth-order valence-electron chi connectivity index (χ4n) is 3.14. The average molecular weight is 408 g/mol. The molecule has 0 aliphatic heterocycles. The Morgan fingerprint density at radius 2 is 1.90 bits per heavy atom. The number of hydrogen-bond acceptors (Lipinski definition) is 4. The summed E-state index contributed by atoms with van der Waals surface area (Å²) in [5.74, 6) is -0.310. The molecule has 0 radical (unpaired) electrons. The fourth-order valence-corrected chi connectivity index (χ4v) is 3.31. The molecule has 1 amide bonds. The number of hydrogen-bond donors (Lipinski definition) is 1. The van der Waals surface area contributed by atoms with Crippen molar-refractivity contribution in [2.45, 2.75) is 13.0 Å². The molecule has 0 fully saturated rings. The number of aryl methyl sites for hydroxylation is 1. The summed E-state index contributed by atoms with van der Waals surface area (Å²) in [4.78, 5) is 29.7. The lowest BCUT2D eigenvalue weighted by atomic mass is 10.1. The van der Waals surface area contributed by atoms with Gasteiger partial charge >= 0.3 is 0 Å². The molecule has 8 heteroatoms. The van der Waals surface area contributed by atoms with E-state index in [1.165, 1.54) is 10.9 Å². The lowest BCUT2D eigenvalue weighted by Crippen LogP contribution is -2.31. The molecule has 4 rings (SSSR count).